The fourth-order valence-electron chi connectivity index (χ4n) is 2.21. The topological polar surface area (TPSA) is 94.2 Å². The molecular formula is C16H17N3O4. The Bertz CT molecular complexity index is 798. The SMILES string of the molecule is CC[C@@H](NC(=O)c1ccn(C)c(=O)c1)c1cccc([N+](=O)[O-])c1. The van der Waals surface area contributed by atoms with Crippen molar-refractivity contribution in [3.05, 3.63) is 74.2 Å². The fraction of sp³-hybridized carbons (Fsp3) is 0.250. The van der Waals surface area contributed by atoms with Gasteiger partial charge in [0.15, 0.2) is 0 Å². The number of rotatable bonds is 5. The Morgan fingerprint density at radius 3 is 2.70 bits per heavy atom. The molecule has 1 aromatic heterocycles. The van der Waals surface area contributed by atoms with Crippen LogP contribution >= 0.6 is 0 Å². The fourth-order valence-corrected chi connectivity index (χ4v) is 2.21. The minimum atomic E-state index is -0.473. The van der Waals surface area contributed by atoms with Gasteiger partial charge in [-0.25, -0.2) is 0 Å². The van der Waals surface area contributed by atoms with E-state index in [1.165, 1.54) is 29.0 Å². The van der Waals surface area contributed by atoms with E-state index in [4.69, 9.17) is 0 Å². The Balaban J connectivity index is 2.23. The number of non-ortho nitro benzene ring substituents is 1. The summed E-state index contributed by atoms with van der Waals surface area (Å²) < 4.78 is 1.37. The van der Waals surface area contributed by atoms with E-state index in [2.05, 4.69) is 5.32 Å². The molecular weight excluding hydrogens is 298 g/mol. The zero-order valence-electron chi connectivity index (χ0n) is 12.9. The smallest absolute Gasteiger partial charge is 0.269 e. The minimum absolute atomic E-state index is 0.0243. The molecule has 1 amide bonds. The molecule has 7 nitrogen and oxygen atoms in total. The summed E-state index contributed by atoms with van der Waals surface area (Å²) in [7, 11) is 1.60. The van der Waals surface area contributed by atoms with Crippen molar-refractivity contribution in [3.63, 3.8) is 0 Å². The number of pyridine rings is 1. The maximum Gasteiger partial charge on any atom is 0.269 e. The van der Waals surface area contributed by atoms with Gasteiger partial charge in [0.1, 0.15) is 0 Å². The lowest BCUT2D eigenvalue weighted by molar-refractivity contribution is -0.384. The summed E-state index contributed by atoms with van der Waals surface area (Å²) in [5.74, 6) is -0.388. The highest BCUT2D eigenvalue weighted by atomic mass is 16.6. The second-order valence-electron chi connectivity index (χ2n) is 5.15. The van der Waals surface area contributed by atoms with Gasteiger partial charge in [0.25, 0.3) is 17.2 Å². The number of aryl methyl sites for hydroxylation is 1. The first-order valence-electron chi connectivity index (χ1n) is 7.14. The zero-order chi connectivity index (χ0) is 17.0. The monoisotopic (exact) mass is 315 g/mol. The normalized spacial score (nSPS) is 11.7. The molecule has 120 valence electrons. The number of benzene rings is 1. The number of nitro groups is 1. The lowest BCUT2D eigenvalue weighted by Crippen LogP contribution is -2.29. The number of nitrogens with zero attached hydrogens (tertiary/aromatic N) is 2. The van der Waals surface area contributed by atoms with Crippen molar-refractivity contribution in [2.24, 2.45) is 7.05 Å². The quantitative estimate of drug-likeness (QED) is 0.676. The minimum Gasteiger partial charge on any atom is -0.345 e. The van der Waals surface area contributed by atoms with E-state index in [1.54, 1.807) is 25.2 Å². The van der Waals surface area contributed by atoms with Gasteiger partial charge in [-0.2, -0.15) is 0 Å². The molecule has 2 aromatic rings. The largest absolute Gasteiger partial charge is 0.345 e. The molecule has 1 N–H and O–H groups in total. The van der Waals surface area contributed by atoms with Crippen LogP contribution in [0.3, 0.4) is 0 Å². The van der Waals surface area contributed by atoms with Crippen LogP contribution in [0.2, 0.25) is 0 Å². The third-order valence-corrected chi connectivity index (χ3v) is 3.56. The maximum absolute atomic E-state index is 12.3. The Labute approximate surface area is 132 Å². The average Bonchev–Trinajstić information content (AvgIpc) is 2.55. The summed E-state index contributed by atoms with van der Waals surface area (Å²) in [5, 5.41) is 13.7. The molecule has 2 rings (SSSR count). The van der Waals surface area contributed by atoms with Crippen LogP contribution in [0.25, 0.3) is 0 Å². The number of carbonyl (C=O) groups excluding carboxylic acids is 1. The van der Waals surface area contributed by atoms with Gasteiger partial charge in [0.05, 0.1) is 11.0 Å². The molecule has 0 fully saturated rings. The second kappa shape index (κ2) is 6.87. The summed E-state index contributed by atoms with van der Waals surface area (Å²) in [6.45, 7) is 1.87. The Morgan fingerprint density at radius 1 is 1.35 bits per heavy atom. The molecule has 1 aromatic carbocycles. The molecule has 0 unspecified atom stereocenters. The molecule has 0 radical (unpaired) electrons. The first-order valence-corrected chi connectivity index (χ1v) is 7.14. The number of aromatic nitrogens is 1. The molecule has 7 heteroatoms. The molecule has 23 heavy (non-hydrogen) atoms. The predicted octanol–water partition coefficient (Wildman–Crippen LogP) is 2.17. The van der Waals surface area contributed by atoms with E-state index < -0.39 is 4.92 Å². The highest BCUT2D eigenvalue weighted by molar-refractivity contribution is 5.94. The van der Waals surface area contributed by atoms with Crippen LogP contribution in [0.15, 0.2) is 47.4 Å². The summed E-state index contributed by atoms with van der Waals surface area (Å²) in [6, 6.07) is 8.60. The van der Waals surface area contributed by atoms with Crippen LogP contribution in [0.1, 0.15) is 35.3 Å². The Kier molecular flexibility index (Phi) is 4.90. The van der Waals surface area contributed by atoms with Gasteiger partial charge in [-0.15, -0.1) is 0 Å². The van der Waals surface area contributed by atoms with Gasteiger partial charge in [-0.05, 0) is 18.1 Å². The van der Waals surface area contributed by atoms with Crippen LogP contribution in [0.5, 0.6) is 0 Å². The summed E-state index contributed by atoms with van der Waals surface area (Å²) in [4.78, 5) is 34.3. The van der Waals surface area contributed by atoms with Gasteiger partial charge < -0.3 is 9.88 Å². The predicted molar refractivity (Wildman–Crippen MR) is 85.3 cm³/mol. The molecule has 0 bridgehead atoms. The highest BCUT2D eigenvalue weighted by Crippen LogP contribution is 2.21. The van der Waals surface area contributed by atoms with Crippen molar-refractivity contribution >= 4 is 11.6 Å². The standard InChI is InChI=1S/C16H17N3O4/c1-3-14(11-5-4-6-13(9-11)19(22)23)17-16(21)12-7-8-18(2)15(20)10-12/h4-10,14H,3H2,1-2H3,(H,17,21)/t14-/m1/s1. The van der Waals surface area contributed by atoms with E-state index in [0.717, 1.165) is 0 Å². The van der Waals surface area contributed by atoms with Crippen molar-refractivity contribution in [2.75, 3.05) is 0 Å². The van der Waals surface area contributed by atoms with Gasteiger partial charge >= 0.3 is 0 Å². The van der Waals surface area contributed by atoms with Crippen molar-refractivity contribution in [1.29, 1.82) is 0 Å². The van der Waals surface area contributed by atoms with E-state index in [0.29, 0.717) is 12.0 Å². The van der Waals surface area contributed by atoms with E-state index in [-0.39, 0.29) is 28.8 Å². The van der Waals surface area contributed by atoms with Gasteiger partial charge in [0, 0.05) is 37.0 Å². The highest BCUT2D eigenvalue weighted by Gasteiger charge is 2.17. The van der Waals surface area contributed by atoms with E-state index in [9.17, 15) is 19.7 Å². The summed E-state index contributed by atoms with van der Waals surface area (Å²) >= 11 is 0. The van der Waals surface area contributed by atoms with Crippen molar-refractivity contribution in [3.8, 4) is 0 Å². The molecule has 0 saturated heterocycles. The van der Waals surface area contributed by atoms with Crippen LogP contribution < -0.4 is 10.9 Å². The molecule has 0 aliphatic heterocycles. The molecule has 1 heterocycles. The Morgan fingerprint density at radius 2 is 2.09 bits per heavy atom. The second-order valence-corrected chi connectivity index (χ2v) is 5.15. The van der Waals surface area contributed by atoms with Crippen LogP contribution in [0, 0.1) is 10.1 Å². The lowest BCUT2D eigenvalue weighted by Gasteiger charge is -2.17. The molecule has 0 aliphatic carbocycles. The number of hydrogen-bond acceptors (Lipinski definition) is 4. The Hall–Kier alpha value is -2.96. The average molecular weight is 315 g/mol. The summed E-state index contributed by atoms with van der Waals surface area (Å²) in [5.41, 5.74) is 0.612. The molecule has 0 saturated carbocycles. The third-order valence-electron chi connectivity index (χ3n) is 3.56. The van der Waals surface area contributed by atoms with Crippen molar-refractivity contribution in [2.45, 2.75) is 19.4 Å². The number of carbonyl (C=O) groups is 1. The summed E-state index contributed by atoms with van der Waals surface area (Å²) in [6.07, 6.45) is 2.09. The van der Waals surface area contributed by atoms with Crippen molar-refractivity contribution in [1.82, 2.24) is 9.88 Å². The van der Waals surface area contributed by atoms with Gasteiger partial charge in [0.2, 0.25) is 0 Å². The number of hydrogen-bond donors (Lipinski definition) is 1. The zero-order valence-corrected chi connectivity index (χ0v) is 12.9. The van der Waals surface area contributed by atoms with Gasteiger partial charge in [-0.3, -0.25) is 19.7 Å². The van der Waals surface area contributed by atoms with E-state index in [1.807, 2.05) is 6.92 Å². The molecule has 0 aliphatic rings. The van der Waals surface area contributed by atoms with Crippen LogP contribution in [0.4, 0.5) is 5.69 Å². The van der Waals surface area contributed by atoms with Crippen LogP contribution in [-0.2, 0) is 7.05 Å². The van der Waals surface area contributed by atoms with Crippen LogP contribution in [-0.4, -0.2) is 15.4 Å². The lowest BCUT2D eigenvalue weighted by atomic mass is 10.0. The van der Waals surface area contributed by atoms with E-state index >= 15 is 0 Å². The molecule has 0 spiro atoms. The number of nitrogens with one attached hydrogen (secondary N) is 1. The molecule has 1 atom stereocenters. The first-order chi connectivity index (χ1) is 10.9. The van der Waals surface area contributed by atoms with Crippen molar-refractivity contribution < 1.29 is 9.72 Å². The maximum atomic E-state index is 12.3. The number of nitro benzene ring substituents is 1. The first kappa shape index (κ1) is 16.4. The third kappa shape index (κ3) is 3.82. The van der Waals surface area contributed by atoms with Gasteiger partial charge in [-0.1, -0.05) is 19.1 Å². The number of amides is 1.